The summed E-state index contributed by atoms with van der Waals surface area (Å²) in [5.41, 5.74) is 0.502. The van der Waals surface area contributed by atoms with Crippen LogP contribution < -0.4 is 9.47 Å². The number of carbonyl (C=O) groups is 1. The molecule has 0 spiro atoms. The lowest BCUT2D eigenvalue weighted by molar-refractivity contribution is -0.138. The van der Waals surface area contributed by atoms with E-state index in [1.807, 2.05) is 25.1 Å². The third-order valence-corrected chi connectivity index (χ3v) is 6.54. The minimum absolute atomic E-state index is 0.0629. The zero-order valence-electron chi connectivity index (χ0n) is 17.4. The van der Waals surface area contributed by atoms with Crippen molar-refractivity contribution in [3.8, 4) is 11.5 Å². The maximum Gasteiger partial charge on any atom is 0.251 e. The normalized spacial score (nSPS) is 27.6. The van der Waals surface area contributed by atoms with Crippen molar-refractivity contribution in [1.82, 2.24) is 4.90 Å². The van der Waals surface area contributed by atoms with Gasteiger partial charge in [-0.15, -0.1) is 0 Å². The molecule has 0 aromatic heterocycles. The highest BCUT2D eigenvalue weighted by Gasteiger charge is 2.48. The lowest BCUT2D eigenvalue weighted by atomic mass is 9.72. The fourth-order valence-electron chi connectivity index (χ4n) is 4.54. The van der Waals surface area contributed by atoms with Gasteiger partial charge in [0.05, 0.1) is 19.3 Å². The van der Waals surface area contributed by atoms with E-state index in [0.29, 0.717) is 18.8 Å². The van der Waals surface area contributed by atoms with Gasteiger partial charge < -0.3 is 24.6 Å². The predicted molar refractivity (Wildman–Crippen MR) is 107 cm³/mol. The molecule has 1 aromatic rings. The highest BCUT2D eigenvalue weighted by Crippen LogP contribution is 2.47. The molecule has 6 heteroatoms. The molecule has 1 saturated carbocycles. The summed E-state index contributed by atoms with van der Waals surface area (Å²) >= 11 is 0. The highest BCUT2D eigenvalue weighted by atomic mass is 16.5. The van der Waals surface area contributed by atoms with E-state index in [9.17, 15) is 15.0 Å². The molecule has 1 aromatic carbocycles. The summed E-state index contributed by atoms with van der Waals surface area (Å²) in [5, 5.41) is 20.3. The molecule has 1 unspecified atom stereocenters. The number of nitrogens with zero attached hydrogens (tertiary/aromatic N) is 1. The number of aliphatic hydroxyl groups is 2. The summed E-state index contributed by atoms with van der Waals surface area (Å²) in [5.74, 6) is 1.06. The Bertz CT molecular complexity index is 698. The van der Waals surface area contributed by atoms with Gasteiger partial charge in [0.1, 0.15) is 6.10 Å². The average Bonchev–Trinajstić information content (AvgIpc) is 3.29. The zero-order chi connectivity index (χ0) is 20.5. The number of aliphatic hydroxyl groups excluding tert-OH is 2. The Hall–Kier alpha value is -1.79. The zero-order valence-corrected chi connectivity index (χ0v) is 17.4. The lowest BCUT2D eigenvalue weighted by Gasteiger charge is -2.34. The van der Waals surface area contributed by atoms with Crippen LogP contribution in [0.25, 0.3) is 0 Å². The van der Waals surface area contributed by atoms with Crippen LogP contribution in [-0.4, -0.2) is 59.5 Å². The first-order valence-corrected chi connectivity index (χ1v) is 10.3. The van der Waals surface area contributed by atoms with E-state index in [2.05, 4.69) is 0 Å². The molecule has 0 bridgehead atoms. The van der Waals surface area contributed by atoms with E-state index in [0.717, 1.165) is 24.2 Å². The van der Waals surface area contributed by atoms with Crippen molar-refractivity contribution in [3.63, 3.8) is 0 Å². The number of hydrogen-bond acceptors (Lipinski definition) is 5. The Morgan fingerprint density at radius 2 is 1.89 bits per heavy atom. The van der Waals surface area contributed by atoms with Crippen LogP contribution >= 0.6 is 0 Å². The number of hydrogen-bond donors (Lipinski definition) is 2. The quantitative estimate of drug-likeness (QED) is 0.780. The largest absolute Gasteiger partial charge is 0.493 e. The smallest absolute Gasteiger partial charge is 0.251 e. The van der Waals surface area contributed by atoms with Crippen LogP contribution in [-0.2, 0) is 4.79 Å². The second-order valence-corrected chi connectivity index (χ2v) is 8.56. The molecule has 0 radical (unpaired) electrons. The molecule has 6 nitrogen and oxygen atoms in total. The highest BCUT2D eigenvalue weighted by molar-refractivity contribution is 5.80. The van der Waals surface area contributed by atoms with Gasteiger partial charge in [0.25, 0.3) is 5.91 Å². The van der Waals surface area contributed by atoms with E-state index >= 15 is 0 Å². The van der Waals surface area contributed by atoms with E-state index < -0.39 is 17.6 Å². The third-order valence-electron chi connectivity index (χ3n) is 6.54. The summed E-state index contributed by atoms with van der Waals surface area (Å²) in [6.45, 7) is 6.11. The summed E-state index contributed by atoms with van der Waals surface area (Å²) in [4.78, 5) is 14.0. The Morgan fingerprint density at radius 3 is 2.46 bits per heavy atom. The van der Waals surface area contributed by atoms with Crippen molar-refractivity contribution in [2.45, 2.75) is 70.7 Å². The summed E-state index contributed by atoms with van der Waals surface area (Å²) < 4.78 is 11.7. The molecule has 3 rings (SSSR count). The summed E-state index contributed by atoms with van der Waals surface area (Å²) in [6.07, 6.45) is 3.04. The SMILES string of the molecule is COc1ccc([C@@H]2CN(C(=O)[C@H](C)O)C[C@@]2(C)C(C)O)cc1OC1CCCC1. The Kier molecular flexibility index (Phi) is 6.20. The molecular formula is C22H33NO5. The van der Waals surface area contributed by atoms with Gasteiger partial charge in [0.2, 0.25) is 0 Å². The Labute approximate surface area is 167 Å². The molecule has 28 heavy (non-hydrogen) atoms. The second-order valence-electron chi connectivity index (χ2n) is 8.56. The number of carbonyl (C=O) groups excluding carboxylic acids is 1. The molecule has 156 valence electrons. The van der Waals surface area contributed by atoms with Gasteiger partial charge in [-0.25, -0.2) is 0 Å². The molecule has 1 amide bonds. The molecule has 2 N–H and O–H groups in total. The first-order chi connectivity index (χ1) is 13.3. The van der Waals surface area contributed by atoms with E-state index in [-0.39, 0.29) is 17.9 Å². The van der Waals surface area contributed by atoms with Crippen molar-refractivity contribution in [3.05, 3.63) is 23.8 Å². The first-order valence-electron chi connectivity index (χ1n) is 10.3. The van der Waals surface area contributed by atoms with Crippen molar-refractivity contribution in [2.24, 2.45) is 5.41 Å². The van der Waals surface area contributed by atoms with Crippen molar-refractivity contribution >= 4 is 5.91 Å². The third kappa shape index (κ3) is 3.98. The van der Waals surface area contributed by atoms with Gasteiger partial charge in [-0.2, -0.15) is 0 Å². The van der Waals surface area contributed by atoms with E-state index in [1.165, 1.54) is 19.8 Å². The van der Waals surface area contributed by atoms with Gasteiger partial charge in [0.15, 0.2) is 11.5 Å². The van der Waals surface area contributed by atoms with Gasteiger partial charge >= 0.3 is 0 Å². The van der Waals surface area contributed by atoms with Crippen molar-refractivity contribution in [2.75, 3.05) is 20.2 Å². The molecule has 1 aliphatic carbocycles. The van der Waals surface area contributed by atoms with E-state index in [1.54, 1.807) is 18.9 Å². The number of ether oxygens (including phenoxy) is 2. The molecule has 1 heterocycles. The molecule has 1 aliphatic heterocycles. The number of methoxy groups -OCH3 is 1. The standard InChI is InChI=1S/C22H33NO5/c1-14(24)21(26)23-12-18(22(3,13-23)15(2)25)16-9-10-19(27-4)20(11-16)28-17-7-5-6-8-17/h9-11,14-15,17-18,24-25H,5-8,12-13H2,1-4H3/t14-,15?,18-,22-/m0/s1. The van der Waals surface area contributed by atoms with Crippen LogP contribution in [0.3, 0.4) is 0 Å². The van der Waals surface area contributed by atoms with Crippen LogP contribution in [0.1, 0.15) is 57.9 Å². The minimum Gasteiger partial charge on any atom is -0.493 e. The fourth-order valence-corrected chi connectivity index (χ4v) is 4.54. The minimum atomic E-state index is -1.05. The van der Waals surface area contributed by atoms with E-state index in [4.69, 9.17) is 9.47 Å². The van der Waals surface area contributed by atoms with Gasteiger partial charge in [-0.1, -0.05) is 13.0 Å². The molecule has 2 fully saturated rings. The summed E-state index contributed by atoms with van der Waals surface area (Å²) in [6, 6.07) is 5.89. The average molecular weight is 392 g/mol. The van der Waals surface area contributed by atoms with Gasteiger partial charge in [0, 0.05) is 24.4 Å². The lowest BCUT2D eigenvalue weighted by Crippen LogP contribution is -2.40. The second kappa shape index (κ2) is 8.29. The van der Waals surface area contributed by atoms with Crippen molar-refractivity contribution in [1.29, 1.82) is 0 Å². The Balaban J connectivity index is 1.91. The topological polar surface area (TPSA) is 79.2 Å². The Morgan fingerprint density at radius 1 is 1.21 bits per heavy atom. The number of benzene rings is 1. The number of amides is 1. The summed E-state index contributed by atoms with van der Waals surface area (Å²) in [7, 11) is 1.63. The first kappa shape index (κ1) is 20.9. The molecular weight excluding hydrogens is 358 g/mol. The maximum atomic E-state index is 12.4. The van der Waals surface area contributed by atoms with Crippen LogP contribution in [0.5, 0.6) is 11.5 Å². The molecule has 4 atom stereocenters. The van der Waals surface area contributed by atoms with Gasteiger partial charge in [-0.05, 0) is 57.2 Å². The molecule has 1 saturated heterocycles. The monoisotopic (exact) mass is 391 g/mol. The number of likely N-dealkylation sites (tertiary alicyclic amines) is 1. The molecule has 2 aliphatic rings. The van der Waals surface area contributed by atoms with Gasteiger partial charge in [-0.3, -0.25) is 4.79 Å². The fraction of sp³-hybridized carbons (Fsp3) is 0.682. The van der Waals surface area contributed by atoms with Crippen LogP contribution in [0.2, 0.25) is 0 Å². The predicted octanol–water partition coefficient (Wildman–Crippen LogP) is 2.71. The van der Waals surface area contributed by atoms with Crippen LogP contribution in [0.4, 0.5) is 0 Å². The number of rotatable bonds is 6. The van der Waals surface area contributed by atoms with Crippen LogP contribution in [0.15, 0.2) is 18.2 Å². The van der Waals surface area contributed by atoms with Crippen molar-refractivity contribution < 1.29 is 24.5 Å². The van der Waals surface area contributed by atoms with Crippen LogP contribution in [0, 0.1) is 5.41 Å². The maximum absolute atomic E-state index is 12.4.